The molecule has 2 N–H and O–H groups in total. The molecule has 1 unspecified atom stereocenters. The van der Waals surface area contributed by atoms with Crippen LogP contribution in [0.4, 0.5) is 31.1 Å². The molecule has 0 bridgehead atoms. The van der Waals surface area contributed by atoms with Crippen LogP contribution < -0.4 is 5.32 Å². The van der Waals surface area contributed by atoms with Crippen molar-refractivity contribution in [1.29, 1.82) is 0 Å². The van der Waals surface area contributed by atoms with E-state index in [0.29, 0.717) is 4.90 Å². The predicted octanol–water partition coefficient (Wildman–Crippen LogP) is 2.09. The highest BCUT2D eigenvalue weighted by atomic mass is 19.4. The first kappa shape index (κ1) is 18.4. The van der Waals surface area contributed by atoms with Crippen molar-refractivity contribution in [2.75, 3.05) is 19.6 Å². The highest BCUT2D eigenvalue weighted by Crippen LogP contribution is 2.37. The lowest BCUT2D eigenvalue weighted by atomic mass is 9.96. The minimum Gasteiger partial charge on any atom is -0.481 e. The molecular weight excluding hydrogens is 322 g/mol. The van der Waals surface area contributed by atoms with E-state index < -0.39 is 61.7 Å². The molecule has 5 nitrogen and oxygen atoms in total. The Labute approximate surface area is 121 Å². The lowest BCUT2D eigenvalue weighted by molar-refractivity contribution is -0.187. The fourth-order valence-electron chi connectivity index (χ4n) is 2.02. The van der Waals surface area contributed by atoms with Crippen molar-refractivity contribution in [2.24, 2.45) is 17.8 Å². The maximum Gasteiger partial charge on any atom is 0.394 e. The standard InChI is InChI=1S/C11H14F6N2O3/c1-5(10(12,13)14)2-18-9(22)19-3-6(8(20)21)7(4-19)11(15,16)17/h5-7H,2-4H2,1H3,(H,18,22)(H,20,21)/t5?,6-,7-/m1/s1. The van der Waals surface area contributed by atoms with Crippen LogP contribution in [0.15, 0.2) is 0 Å². The van der Waals surface area contributed by atoms with Gasteiger partial charge in [0.05, 0.1) is 17.8 Å². The van der Waals surface area contributed by atoms with Crippen molar-refractivity contribution in [3.8, 4) is 0 Å². The molecule has 0 spiro atoms. The van der Waals surface area contributed by atoms with E-state index in [4.69, 9.17) is 5.11 Å². The molecule has 0 saturated carbocycles. The molecule has 1 saturated heterocycles. The summed E-state index contributed by atoms with van der Waals surface area (Å²) < 4.78 is 74.9. The van der Waals surface area contributed by atoms with E-state index in [9.17, 15) is 35.9 Å². The third kappa shape index (κ3) is 4.41. The minimum absolute atomic E-state index is 0.569. The predicted molar refractivity (Wildman–Crippen MR) is 60.9 cm³/mol. The number of nitrogens with one attached hydrogen (secondary N) is 1. The van der Waals surface area contributed by atoms with Crippen LogP contribution in [0.3, 0.4) is 0 Å². The Kier molecular flexibility index (Phi) is 5.18. The van der Waals surface area contributed by atoms with Gasteiger partial charge < -0.3 is 15.3 Å². The lowest BCUT2D eigenvalue weighted by Crippen LogP contribution is -2.43. The summed E-state index contributed by atoms with van der Waals surface area (Å²) in [5.41, 5.74) is 0. The molecule has 0 aliphatic carbocycles. The maximum atomic E-state index is 12.7. The maximum absolute atomic E-state index is 12.7. The van der Waals surface area contributed by atoms with Crippen LogP contribution in [-0.2, 0) is 4.79 Å². The second-order valence-corrected chi connectivity index (χ2v) is 5.13. The molecule has 128 valence electrons. The molecule has 3 atom stereocenters. The molecular formula is C11H14F6N2O3. The Morgan fingerprint density at radius 3 is 2.14 bits per heavy atom. The van der Waals surface area contributed by atoms with Crippen LogP contribution in [0.2, 0.25) is 0 Å². The lowest BCUT2D eigenvalue weighted by Gasteiger charge is -2.21. The van der Waals surface area contributed by atoms with Gasteiger partial charge >= 0.3 is 24.4 Å². The van der Waals surface area contributed by atoms with Gasteiger partial charge in [0, 0.05) is 19.6 Å². The van der Waals surface area contributed by atoms with Crippen LogP contribution in [0.5, 0.6) is 0 Å². The fraction of sp³-hybridized carbons (Fsp3) is 0.818. The number of urea groups is 1. The number of carboxylic acid groups (broad SMARTS) is 1. The van der Waals surface area contributed by atoms with Crippen LogP contribution in [-0.4, -0.2) is 54.0 Å². The Balaban J connectivity index is 2.67. The summed E-state index contributed by atoms with van der Waals surface area (Å²) in [7, 11) is 0. The summed E-state index contributed by atoms with van der Waals surface area (Å²) in [5, 5.41) is 10.6. The minimum atomic E-state index is -4.81. The van der Waals surface area contributed by atoms with E-state index in [2.05, 4.69) is 0 Å². The summed E-state index contributed by atoms with van der Waals surface area (Å²) in [5.74, 6) is -7.64. The van der Waals surface area contributed by atoms with Crippen LogP contribution in [0, 0.1) is 17.8 Å². The molecule has 0 aromatic carbocycles. The number of halogens is 6. The number of carbonyl (C=O) groups is 2. The van der Waals surface area contributed by atoms with Gasteiger partial charge in [0.1, 0.15) is 0 Å². The van der Waals surface area contributed by atoms with Gasteiger partial charge in [0.15, 0.2) is 0 Å². The average Bonchev–Trinajstić information content (AvgIpc) is 2.79. The number of amides is 2. The number of rotatable bonds is 3. The Morgan fingerprint density at radius 2 is 1.77 bits per heavy atom. The van der Waals surface area contributed by atoms with Gasteiger partial charge in [-0.1, -0.05) is 6.92 Å². The Bertz CT molecular complexity index is 437. The Morgan fingerprint density at radius 1 is 1.23 bits per heavy atom. The zero-order valence-corrected chi connectivity index (χ0v) is 11.3. The first-order valence-corrected chi connectivity index (χ1v) is 6.23. The molecule has 1 fully saturated rings. The molecule has 0 aromatic heterocycles. The second kappa shape index (κ2) is 6.21. The summed E-state index contributed by atoms with van der Waals surface area (Å²) >= 11 is 0. The third-order valence-electron chi connectivity index (χ3n) is 3.46. The number of alkyl halides is 6. The quantitative estimate of drug-likeness (QED) is 0.776. The first-order chi connectivity index (χ1) is 9.84. The number of likely N-dealkylation sites (tertiary alicyclic amines) is 1. The molecule has 1 heterocycles. The third-order valence-corrected chi connectivity index (χ3v) is 3.46. The molecule has 1 rings (SSSR count). The average molecular weight is 336 g/mol. The van der Waals surface area contributed by atoms with Crippen molar-refractivity contribution in [3.05, 3.63) is 0 Å². The van der Waals surface area contributed by atoms with E-state index in [1.54, 1.807) is 0 Å². The molecule has 0 aromatic rings. The summed E-state index contributed by atoms with van der Waals surface area (Å²) in [6.45, 7) is -1.59. The van der Waals surface area contributed by atoms with Crippen LogP contribution in [0.1, 0.15) is 6.92 Å². The van der Waals surface area contributed by atoms with E-state index in [-0.39, 0.29) is 0 Å². The zero-order chi connectivity index (χ0) is 17.3. The summed E-state index contributed by atoms with van der Waals surface area (Å²) in [4.78, 5) is 23.0. The first-order valence-electron chi connectivity index (χ1n) is 6.23. The zero-order valence-electron chi connectivity index (χ0n) is 11.3. The molecule has 22 heavy (non-hydrogen) atoms. The van der Waals surface area contributed by atoms with E-state index in [1.807, 2.05) is 5.32 Å². The molecule has 1 aliphatic rings. The number of hydrogen-bond donors (Lipinski definition) is 2. The summed E-state index contributed by atoms with van der Waals surface area (Å²) in [6.07, 6.45) is -9.35. The van der Waals surface area contributed by atoms with E-state index >= 15 is 0 Å². The van der Waals surface area contributed by atoms with Gasteiger partial charge in [-0.25, -0.2) is 4.79 Å². The Hall–Kier alpha value is -1.68. The largest absolute Gasteiger partial charge is 0.481 e. The highest BCUT2D eigenvalue weighted by molar-refractivity contribution is 5.77. The number of carboxylic acids is 1. The van der Waals surface area contributed by atoms with Gasteiger partial charge in [-0.3, -0.25) is 4.79 Å². The smallest absolute Gasteiger partial charge is 0.394 e. The fourth-order valence-corrected chi connectivity index (χ4v) is 2.02. The molecule has 2 amide bonds. The number of aliphatic carboxylic acids is 1. The van der Waals surface area contributed by atoms with Crippen molar-refractivity contribution in [3.63, 3.8) is 0 Å². The van der Waals surface area contributed by atoms with Crippen molar-refractivity contribution in [1.82, 2.24) is 10.2 Å². The number of carbonyl (C=O) groups excluding carboxylic acids is 1. The monoisotopic (exact) mass is 336 g/mol. The van der Waals surface area contributed by atoms with Gasteiger partial charge in [-0.2, -0.15) is 26.3 Å². The summed E-state index contributed by atoms with van der Waals surface area (Å²) in [6, 6.07) is -1.14. The van der Waals surface area contributed by atoms with E-state index in [1.165, 1.54) is 0 Å². The second-order valence-electron chi connectivity index (χ2n) is 5.13. The molecule has 11 heteroatoms. The van der Waals surface area contributed by atoms with Gasteiger partial charge in [0.25, 0.3) is 0 Å². The van der Waals surface area contributed by atoms with Gasteiger partial charge in [-0.05, 0) is 0 Å². The number of nitrogens with zero attached hydrogens (tertiary/aromatic N) is 1. The molecule has 1 aliphatic heterocycles. The SMILES string of the molecule is CC(CNC(=O)N1C[C@@H](C(F)(F)F)[C@H](C(=O)O)C1)C(F)(F)F. The van der Waals surface area contributed by atoms with Crippen LogP contribution in [0.25, 0.3) is 0 Å². The van der Waals surface area contributed by atoms with Gasteiger partial charge in [0.2, 0.25) is 0 Å². The highest BCUT2D eigenvalue weighted by Gasteiger charge is 2.53. The van der Waals surface area contributed by atoms with Crippen molar-refractivity contribution >= 4 is 12.0 Å². The topological polar surface area (TPSA) is 69.6 Å². The van der Waals surface area contributed by atoms with Crippen molar-refractivity contribution < 1.29 is 41.0 Å². The van der Waals surface area contributed by atoms with Crippen LogP contribution >= 0.6 is 0 Å². The van der Waals surface area contributed by atoms with E-state index in [0.717, 1.165) is 6.92 Å². The van der Waals surface area contributed by atoms with Gasteiger partial charge in [-0.15, -0.1) is 0 Å². The molecule has 0 radical (unpaired) electrons. The number of hydrogen-bond acceptors (Lipinski definition) is 2. The van der Waals surface area contributed by atoms with Crippen molar-refractivity contribution in [2.45, 2.75) is 19.3 Å². The normalized spacial score (nSPS) is 24.2.